The minimum Gasteiger partial charge on any atom is -0.478 e. The molecule has 1 aromatic rings. The highest BCUT2D eigenvalue weighted by atomic mass is 32.2. The lowest BCUT2D eigenvalue weighted by molar-refractivity contribution is -0.146. The van der Waals surface area contributed by atoms with E-state index in [-0.39, 0.29) is 12.5 Å². The number of para-hydroxylation sites is 1. The summed E-state index contributed by atoms with van der Waals surface area (Å²) in [6, 6.07) is 6.33. The van der Waals surface area contributed by atoms with Gasteiger partial charge in [0.1, 0.15) is 5.75 Å². The fourth-order valence-electron chi connectivity index (χ4n) is 3.31. The molecule has 0 aromatic heterocycles. The van der Waals surface area contributed by atoms with E-state index in [9.17, 15) is 18.3 Å². The number of hydrogen-bond acceptors (Lipinski definition) is 6. The average molecular weight is 400 g/mol. The number of piperidine rings is 1. The van der Waals surface area contributed by atoms with Gasteiger partial charge in [-0.1, -0.05) is 18.2 Å². The first kappa shape index (κ1) is 21.6. The quantitative estimate of drug-likeness (QED) is 0.650. The molecule has 3 atom stereocenters. The van der Waals surface area contributed by atoms with E-state index >= 15 is 0 Å². The van der Waals surface area contributed by atoms with Crippen molar-refractivity contribution in [3.05, 3.63) is 29.8 Å². The lowest BCUT2D eigenvalue weighted by Crippen LogP contribution is -2.61. The molecule has 2 rings (SSSR count). The predicted octanol–water partition coefficient (Wildman–Crippen LogP) is 0.290. The number of aliphatic hydroxyl groups is 1. The molecule has 0 radical (unpaired) electrons. The number of rotatable bonds is 8. The van der Waals surface area contributed by atoms with Gasteiger partial charge in [-0.15, -0.1) is 0 Å². The molecule has 152 valence electrons. The molecule has 1 aliphatic heterocycles. The van der Waals surface area contributed by atoms with Gasteiger partial charge in [-0.25, -0.2) is 13.1 Å². The average Bonchev–Trinajstić information content (AvgIpc) is 2.61. The van der Waals surface area contributed by atoms with E-state index in [4.69, 9.17) is 9.47 Å². The number of likely N-dealkylation sites (tertiary alicyclic amines) is 1. The maximum absolute atomic E-state index is 13.0. The third-order valence-corrected chi connectivity index (χ3v) is 5.30. The summed E-state index contributed by atoms with van der Waals surface area (Å²) in [5, 5.41) is 9.73. The Balaban J connectivity index is 2.20. The van der Waals surface area contributed by atoms with E-state index in [0.717, 1.165) is 11.8 Å². The van der Waals surface area contributed by atoms with Crippen LogP contribution in [0.3, 0.4) is 0 Å². The molecule has 1 fully saturated rings. The van der Waals surface area contributed by atoms with Crippen LogP contribution >= 0.6 is 0 Å². The number of nitrogens with one attached hydrogen (secondary N) is 1. The van der Waals surface area contributed by atoms with Gasteiger partial charge in [0.05, 0.1) is 25.5 Å². The Labute approximate surface area is 160 Å². The molecule has 1 unspecified atom stereocenters. The summed E-state index contributed by atoms with van der Waals surface area (Å²) in [4.78, 5) is 14.6. The van der Waals surface area contributed by atoms with Crippen LogP contribution in [-0.2, 0) is 19.6 Å². The van der Waals surface area contributed by atoms with Crippen LogP contribution in [0.25, 0.3) is 0 Å². The molecule has 0 saturated carbocycles. The molecule has 9 heteroatoms. The van der Waals surface area contributed by atoms with Gasteiger partial charge in [-0.2, -0.15) is 0 Å². The van der Waals surface area contributed by atoms with Crippen LogP contribution < -0.4 is 9.46 Å². The molecule has 0 aliphatic carbocycles. The number of ether oxygens (including phenoxy) is 2. The molecular formula is C18H28N2O6S. The van der Waals surface area contributed by atoms with Crippen molar-refractivity contribution in [2.45, 2.75) is 38.0 Å². The second-order valence-corrected chi connectivity index (χ2v) is 8.53. The van der Waals surface area contributed by atoms with Gasteiger partial charge in [-0.3, -0.25) is 4.79 Å². The number of hydrogen-bond donors (Lipinski definition) is 2. The predicted molar refractivity (Wildman–Crippen MR) is 101 cm³/mol. The first-order valence-corrected chi connectivity index (χ1v) is 10.8. The van der Waals surface area contributed by atoms with Crippen molar-refractivity contribution in [3.63, 3.8) is 0 Å². The van der Waals surface area contributed by atoms with Gasteiger partial charge < -0.3 is 19.5 Å². The van der Waals surface area contributed by atoms with Crippen molar-refractivity contribution >= 4 is 15.9 Å². The smallest absolute Gasteiger partial charge is 0.266 e. The lowest BCUT2D eigenvalue weighted by Gasteiger charge is -2.42. The molecule has 1 aliphatic rings. The Bertz CT molecular complexity index is 739. The molecule has 1 amide bonds. The molecule has 8 nitrogen and oxygen atoms in total. The number of carbonyl (C=O) groups excluding carboxylic acids is 1. The van der Waals surface area contributed by atoms with Gasteiger partial charge in [-0.05, 0) is 31.4 Å². The molecular weight excluding hydrogens is 372 g/mol. The van der Waals surface area contributed by atoms with Crippen molar-refractivity contribution in [1.82, 2.24) is 9.62 Å². The third-order valence-electron chi connectivity index (χ3n) is 4.57. The minimum absolute atomic E-state index is 0.182. The van der Waals surface area contributed by atoms with Crippen molar-refractivity contribution in [1.29, 1.82) is 0 Å². The van der Waals surface area contributed by atoms with E-state index in [2.05, 4.69) is 4.72 Å². The highest BCUT2D eigenvalue weighted by molar-refractivity contribution is 7.88. The van der Waals surface area contributed by atoms with Gasteiger partial charge in [0, 0.05) is 19.7 Å². The summed E-state index contributed by atoms with van der Waals surface area (Å²) in [7, 11) is -1.93. The van der Waals surface area contributed by atoms with Crippen molar-refractivity contribution in [3.8, 4) is 5.75 Å². The number of methoxy groups -OCH3 is 1. The highest BCUT2D eigenvalue weighted by Crippen LogP contribution is 2.23. The number of nitrogens with zero attached hydrogens (tertiary/aromatic N) is 1. The molecule has 0 spiro atoms. The second-order valence-electron chi connectivity index (χ2n) is 6.75. The van der Waals surface area contributed by atoms with Crippen molar-refractivity contribution in [2.24, 2.45) is 0 Å². The van der Waals surface area contributed by atoms with E-state index in [1.165, 1.54) is 7.11 Å². The second kappa shape index (κ2) is 9.50. The van der Waals surface area contributed by atoms with Crippen molar-refractivity contribution < 1.29 is 27.8 Å². The van der Waals surface area contributed by atoms with Crippen LogP contribution in [0.5, 0.6) is 5.75 Å². The molecule has 2 N–H and O–H groups in total. The monoisotopic (exact) mass is 400 g/mol. The summed E-state index contributed by atoms with van der Waals surface area (Å²) in [5.41, 5.74) is 0.854. The Morgan fingerprint density at radius 2 is 2.11 bits per heavy atom. The van der Waals surface area contributed by atoms with E-state index in [1.807, 2.05) is 19.1 Å². The zero-order valence-corrected chi connectivity index (χ0v) is 16.7. The number of aryl methyl sites for hydroxylation is 1. The zero-order chi connectivity index (χ0) is 20.0. The van der Waals surface area contributed by atoms with E-state index < -0.39 is 34.8 Å². The number of aliphatic hydroxyl groups excluding tert-OH is 1. The highest BCUT2D eigenvalue weighted by Gasteiger charge is 2.38. The van der Waals surface area contributed by atoms with Crippen LogP contribution in [0.2, 0.25) is 0 Å². The summed E-state index contributed by atoms with van der Waals surface area (Å²) < 4.78 is 36.9. The Kier molecular flexibility index (Phi) is 7.60. The number of carbonyl (C=O) groups is 1. The van der Waals surface area contributed by atoms with Gasteiger partial charge >= 0.3 is 0 Å². The van der Waals surface area contributed by atoms with Gasteiger partial charge in [0.25, 0.3) is 5.91 Å². The summed E-state index contributed by atoms with van der Waals surface area (Å²) in [6.07, 6.45) is 1.27. The fourth-order valence-corrected chi connectivity index (χ4v) is 4.14. The van der Waals surface area contributed by atoms with E-state index in [0.29, 0.717) is 25.1 Å². The first-order chi connectivity index (χ1) is 12.8. The SMILES string of the molecule is COCC1[C@@H](NS(C)(=O)=O)CCCN1C(=O)[C@@H](CO)Oc1ccccc1C. The number of benzene rings is 1. The topological polar surface area (TPSA) is 105 Å². The minimum atomic E-state index is -3.43. The van der Waals surface area contributed by atoms with Gasteiger partial charge in [0.15, 0.2) is 6.10 Å². The summed E-state index contributed by atoms with van der Waals surface area (Å²) in [5.74, 6) is 0.138. The lowest BCUT2D eigenvalue weighted by atomic mass is 9.96. The molecule has 1 saturated heterocycles. The zero-order valence-electron chi connectivity index (χ0n) is 15.9. The van der Waals surface area contributed by atoms with Crippen molar-refractivity contribution in [2.75, 3.05) is 33.1 Å². The first-order valence-electron chi connectivity index (χ1n) is 8.86. The Morgan fingerprint density at radius 3 is 2.70 bits per heavy atom. The number of sulfonamides is 1. The van der Waals surface area contributed by atoms with Gasteiger partial charge in [0.2, 0.25) is 10.0 Å². The maximum atomic E-state index is 13.0. The number of amides is 1. The standard InChI is InChI=1S/C18H28N2O6S/c1-13-7-4-5-9-16(13)26-17(11-21)18(22)20-10-6-8-14(15(20)12-25-2)19-27(3,23)24/h4-5,7,9,14-15,17,19,21H,6,8,10-12H2,1-3H3/t14-,15?,17+/m0/s1. The summed E-state index contributed by atoms with van der Waals surface area (Å²) in [6.45, 7) is 2.01. The van der Waals surface area contributed by atoms with Crippen LogP contribution in [0.1, 0.15) is 18.4 Å². The maximum Gasteiger partial charge on any atom is 0.266 e. The largest absolute Gasteiger partial charge is 0.478 e. The molecule has 1 aromatic carbocycles. The summed E-state index contributed by atoms with van der Waals surface area (Å²) >= 11 is 0. The normalized spacial score (nSPS) is 21.7. The van der Waals surface area contributed by atoms with Crippen LogP contribution in [0.15, 0.2) is 24.3 Å². The van der Waals surface area contributed by atoms with Crippen LogP contribution in [0, 0.1) is 6.92 Å². The fraction of sp³-hybridized carbons (Fsp3) is 0.611. The molecule has 1 heterocycles. The van der Waals surface area contributed by atoms with Crippen LogP contribution in [-0.4, -0.2) is 75.6 Å². The Hall–Kier alpha value is -1.68. The Morgan fingerprint density at radius 1 is 1.41 bits per heavy atom. The molecule has 0 bridgehead atoms. The third kappa shape index (κ3) is 5.90. The van der Waals surface area contributed by atoms with Crippen LogP contribution in [0.4, 0.5) is 0 Å². The van der Waals surface area contributed by atoms with E-state index in [1.54, 1.807) is 17.0 Å². The molecule has 27 heavy (non-hydrogen) atoms.